The van der Waals surface area contributed by atoms with Gasteiger partial charge in [-0.2, -0.15) is 0 Å². The standard InChI is InChI=1S/C20H18O2/c1-2-13-20(22-15-16-8-4-3-5-9-16)14-12-17-10-6-7-11-18(17)19(20)21/h2-12,14H,1,13,15H2. The third kappa shape index (κ3) is 2.66. The van der Waals surface area contributed by atoms with Gasteiger partial charge in [0, 0.05) is 12.0 Å². The van der Waals surface area contributed by atoms with Crippen LogP contribution >= 0.6 is 0 Å². The van der Waals surface area contributed by atoms with Crippen LogP contribution in [-0.4, -0.2) is 11.4 Å². The van der Waals surface area contributed by atoms with Crippen molar-refractivity contribution in [2.75, 3.05) is 0 Å². The lowest BCUT2D eigenvalue weighted by molar-refractivity contribution is -0.00562. The van der Waals surface area contributed by atoms with Gasteiger partial charge in [0.2, 0.25) is 0 Å². The van der Waals surface area contributed by atoms with E-state index in [1.165, 1.54) is 0 Å². The van der Waals surface area contributed by atoms with Crippen LogP contribution < -0.4 is 0 Å². The van der Waals surface area contributed by atoms with Gasteiger partial charge in [0.05, 0.1) is 6.61 Å². The van der Waals surface area contributed by atoms with Crippen LogP contribution in [-0.2, 0) is 11.3 Å². The Kier molecular flexibility index (Phi) is 4.03. The van der Waals surface area contributed by atoms with E-state index in [0.717, 1.165) is 11.1 Å². The Bertz CT molecular complexity index is 715. The van der Waals surface area contributed by atoms with Gasteiger partial charge in [-0.05, 0) is 17.2 Å². The summed E-state index contributed by atoms with van der Waals surface area (Å²) in [5.41, 5.74) is 1.74. The fourth-order valence-electron chi connectivity index (χ4n) is 2.71. The second-order valence-corrected chi connectivity index (χ2v) is 5.41. The number of hydrogen-bond acceptors (Lipinski definition) is 2. The Morgan fingerprint density at radius 2 is 1.77 bits per heavy atom. The molecule has 0 spiro atoms. The fraction of sp³-hybridized carbons (Fsp3) is 0.150. The first kappa shape index (κ1) is 14.5. The molecule has 0 radical (unpaired) electrons. The van der Waals surface area contributed by atoms with Crippen molar-refractivity contribution < 1.29 is 9.53 Å². The van der Waals surface area contributed by atoms with E-state index >= 15 is 0 Å². The molecule has 0 amide bonds. The van der Waals surface area contributed by atoms with Crippen molar-refractivity contribution >= 4 is 11.9 Å². The number of ketones is 1. The largest absolute Gasteiger partial charge is 0.358 e. The SMILES string of the molecule is C=CCC1(OCc2ccccc2)C=Cc2ccccc2C1=O. The first-order valence-electron chi connectivity index (χ1n) is 7.37. The lowest BCUT2D eigenvalue weighted by Crippen LogP contribution is -2.41. The van der Waals surface area contributed by atoms with Crippen LogP contribution in [0.5, 0.6) is 0 Å². The van der Waals surface area contributed by atoms with Gasteiger partial charge in [-0.3, -0.25) is 4.79 Å². The van der Waals surface area contributed by atoms with Crippen LogP contribution in [0.4, 0.5) is 0 Å². The third-order valence-corrected chi connectivity index (χ3v) is 3.91. The molecular weight excluding hydrogens is 272 g/mol. The molecule has 3 rings (SSSR count). The maximum atomic E-state index is 12.9. The van der Waals surface area contributed by atoms with Crippen molar-refractivity contribution in [2.45, 2.75) is 18.6 Å². The maximum Gasteiger partial charge on any atom is 0.199 e. The molecule has 2 heteroatoms. The predicted octanol–water partition coefficient (Wildman–Crippen LogP) is 4.43. The smallest absolute Gasteiger partial charge is 0.199 e. The van der Waals surface area contributed by atoms with Gasteiger partial charge in [-0.25, -0.2) is 0 Å². The van der Waals surface area contributed by atoms with E-state index in [4.69, 9.17) is 4.74 Å². The average Bonchev–Trinajstić information content (AvgIpc) is 2.58. The van der Waals surface area contributed by atoms with Gasteiger partial charge in [0.1, 0.15) is 0 Å². The zero-order valence-corrected chi connectivity index (χ0v) is 12.4. The van der Waals surface area contributed by atoms with Crippen molar-refractivity contribution in [1.82, 2.24) is 0 Å². The molecule has 0 heterocycles. The number of fused-ring (bicyclic) bond motifs is 1. The number of benzene rings is 2. The van der Waals surface area contributed by atoms with Crippen molar-refractivity contribution in [3.63, 3.8) is 0 Å². The lowest BCUT2D eigenvalue weighted by atomic mass is 9.82. The highest BCUT2D eigenvalue weighted by atomic mass is 16.5. The van der Waals surface area contributed by atoms with E-state index in [1.807, 2.05) is 66.7 Å². The Balaban J connectivity index is 1.90. The Morgan fingerprint density at radius 3 is 2.55 bits per heavy atom. The highest BCUT2D eigenvalue weighted by molar-refractivity contribution is 6.09. The van der Waals surface area contributed by atoms with Crippen molar-refractivity contribution in [3.8, 4) is 0 Å². The van der Waals surface area contributed by atoms with Crippen molar-refractivity contribution in [1.29, 1.82) is 0 Å². The van der Waals surface area contributed by atoms with Gasteiger partial charge in [-0.1, -0.05) is 66.7 Å². The number of rotatable bonds is 5. The molecule has 1 aliphatic rings. The van der Waals surface area contributed by atoms with E-state index in [1.54, 1.807) is 6.08 Å². The number of ether oxygens (including phenoxy) is 1. The van der Waals surface area contributed by atoms with Crippen LogP contribution in [0.25, 0.3) is 6.08 Å². The van der Waals surface area contributed by atoms with Gasteiger partial charge >= 0.3 is 0 Å². The summed E-state index contributed by atoms with van der Waals surface area (Å²) < 4.78 is 6.06. The quantitative estimate of drug-likeness (QED) is 0.762. The molecule has 0 N–H and O–H groups in total. The van der Waals surface area contributed by atoms with Gasteiger partial charge in [0.15, 0.2) is 11.4 Å². The normalized spacial score (nSPS) is 19.7. The summed E-state index contributed by atoms with van der Waals surface area (Å²) in [7, 11) is 0. The zero-order chi connectivity index (χ0) is 15.4. The monoisotopic (exact) mass is 290 g/mol. The van der Waals surface area contributed by atoms with Crippen LogP contribution in [0, 0.1) is 0 Å². The van der Waals surface area contributed by atoms with E-state index in [-0.39, 0.29) is 5.78 Å². The van der Waals surface area contributed by atoms with Crippen LogP contribution in [0.2, 0.25) is 0 Å². The topological polar surface area (TPSA) is 26.3 Å². The molecule has 0 fully saturated rings. The van der Waals surface area contributed by atoms with E-state index in [0.29, 0.717) is 18.6 Å². The zero-order valence-electron chi connectivity index (χ0n) is 12.4. The van der Waals surface area contributed by atoms with Crippen LogP contribution in [0.1, 0.15) is 27.9 Å². The van der Waals surface area contributed by atoms with Gasteiger partial charge in [-0.15, -0.1) is 6.58 Å². The Labute approximate surface area is 130 Å². The Morgan fingerprint density at radius 1 is 1.05 bits per heavy atom. The third-order valence-electron chi connectivity index (χ3n) is 3.91. The molecule has 0 saturated carbocycles. The molecule has 0 bridgehead atoms. The molecular formula is C20H18O2. The second kappa shape index (κ2) is 6.12. The number of hydrogen-bond donors (Lipinski definition) is 0. The number of carbonyl (C=O) groups excluding carboxylic acids is 1. The fourth-order valence-corrected chi connectivity index (χ4v) is 2.71. The maximum absolute atomic E-state index is 12.9. The highest BCUT2D eigenvalue weighted by Gasteiger charge is 2.39. The van der Waals surface area contributed by atoms with E-state index in [9.17, 15) is 4.79 Å². The minimum absolute atomic E-state index is 0.00133. The minimum atomic E-state index is -0.952. The molecule has 2 aromatic rings. The molecule has 1 aliphatic carbocycles. The summed E-state index contributed by atoms with van der Waals surface area (Å²) in [6.45, 7) is 4.17. The number of Topliss-reactive ketones (excluding diaryl/α,β-unsaturated/α-hetero) is 1. The summed E-state index contributed by atoms with van der Waals surface area (Å²) in [4.78, 5) is 12.9. The molecule has 0 aromatic heterocycles. The van der Waals surface area contributed by atoms with Crippen molar-refractivity contribution in [2.24, 2.45) is 0 Å². The summed E-state index contributed by atoms with van der Waals surface area (Å²) in [6.07, 6.45) is 6.03. The van der Waals surface area contributed by atoms with E-state index in [2.05, 4.69) is 6.58 Å². The molecule has 1 atom stereocenters. The first-order chi connectivity index (χ1) is 10.7. The summed E-state index contributed by atoms with van der Waals surface area (Å²) >= 11 is 0. The predicted molar refractivity (Wildman–Crippen MR) is 88.6 cm³/mol. The summed E-state index contributed by atoms with van der Waals surface area (Å²) in [6, 6.07) is 17.5. The molecule has 2 aromatic carbocycles. The van der Waals surface area contributed by atoms with Crippen molar-refractivity contribution in [3.05, 3.63) is 90.0 Å². The molecule has 0 aliphatic heterocycles. The Hall–Kier alpha value is -2.45. The average molecular weight is 290 g/mol. The molecule has 22 heavy (non-hydrogen) atoms. The van der Waals surface area contributed by atoms with Crippen LogP contribution in [0.15, 0.2) is 73.3 Å². The minimum Gasteiger partial charge on any atom is -0.358 e. The highest BCUT2D eigenvalue weighted by Crippen LogP contribution is 2.32. The second-order valence-electron chi connectivity index (χ2n) is 5.41. The van der Waals surface area contributed by atoms with Crippen LogP contribution in [0.3, 0.4) is 0 Å². The molecule has 0 saturated heterocycles. The summed E-state index contributed by atoms with van der Waals surface area (Å²) in [5.74, 6) is 0.00133. The van der Waals surface area contributed by atoms with Gasteiger partial charge < -0.3 is 4.74 Å². The molecule has 2 nitrogen and oxygen atoms in total. The van der Waals surface area contributed by atoms with E-state index < -0.39 is 5.60 Å². The number of carbonyl (C=O) groups is 1. The lowest BCUT2D eigenvalue weighted by Gasteiger charge is -2.32. The molecule has 1 unspecified atom stereocenters. The summed E-state index contributed by atoms with van der Waals surface area (Å²) in [5, 5.41) is 0. The van der Waals surface area contributed by atoms with Gasteiger partial charge in [0.25, 0.3) is 0 Å². The first-order valence-corrected chi connectivity index (χ1v) is 7.37. The molecule has 110 valence electrons.